The molecular formula is C25H30N2O4. The van der Waals surface area contributed by atoms with Gasteiger partial charge in [0.2, 0.25) is 0 Å². The van der Waals surface area contributed by atoms with Gasteiger partial charge < -0.3 is 14.5 Å². The van der Waals surface area contributed by atoms with Crippen LogP contribution in [0.25, 0.3) is 0 Å². The van der Waals surface area contributed by atoms with Gasteiger partial charge in [-0.3, -0.25) is 0 Å². The standard InChI is InChI=1S/C25H30N2O4/c1-2-26(19-21-9-5-3-6-10-21)23-13-11-22(12-14-23)20-30-24(28)15-16-25(29)31-27-17-7-4-8-18-27/h3,5-6,9-16H,2,4,7-8,17-20H2,1H3/b16-15+. The van der Waals surface area contributed by atoms with Gasteiger partial charge in [-0.05, 0) is 43.0 Å². The minimum atomic E-state index is -0.570. The molecule has 6 nitrogen and oxygen atoms in total. The number of nitrogens with zero attached hydrogens (tertiary/aromatic N) is 2. The van der Waals surface area contributed by atoms with Gasteiger partial charge in [0.05, 0.1) is 0 Å². The number of anilines is 1. The summed E-state index contributed by atoms with van der Waals surface area (Å²) in [7, 11) is 0. The van der Waals surface area contributed by atoms with Gasteiger partial charge in [-0.2, -0.15) is 0 Å². The van der Waals surface area contributed by atoms with Crippen LogP contribution in [0.5, 0.6) is 0 Å². The lowest BCUT2D eigenvalue weighted by Gasteiger charge is -2.24. The zero-order valence-corrected chi connectivity index (χ0v) is 18.0. The van der Waals surface area contributed by atoms with Gasteiger partial charge in [-0.25, -0.2) is 9.59 Å². The smallest absolute Gasteiger partial charge is 0.349 e. The monoisotopic (exact) mass is 422 g/mol. The van der Waals surface area contributed by atoms with Gasteiger partial charge in [-0.1, -0.05) is 48.9 Å². The average Bonchev–Trinajstić information content (AvgIpc) is 2.81. The van der Waals surface area contributed by atoms with E-state index in [1.807, 2.05) is 42.5 Å². The van der Waals surface area contributed by atoms with Crippen LogP contribution in [0, 0.1) is 0 Å². The molecule has 1 saturated heterocycles. The zero-order valence-electron chi connectivity index (χ0n) is 18.0. The Hall–Kier alpha value is -3.12. The van der Waals surface area contributed by atoms with Crippen LogP contribution in [0.4, 0.5) is 5.69 Å². The van der Waals surface area contributed by atoms with E-state index in [4.69, 9.17) is 9.57 Å². The molecule has 0 N–H and O–H groups in total. The number of esters is 1. The number of ether oxygens (including phenoxy) is 1. The molecule has 2 aromatic carbocycles. The van der Waals surface area contributed by atoms with Crippen molar-refractivity contribution in [3.05, 3.63) is 77.9 Å². The van der Waals surface area contributed by atoms with Crippen LogP contribution in [0.2, 0.25) is 0 Å². The molecule has 0 atom stereocenters. The van der Waals surface area contributed by atoms with Crippen LogP contribution in [0.1, 0.15) is 37.3 Å². The first-order valence-electron chi connectivity index (χ1n) is 10.8. The number of rotatable bonds is 9. The SMILES string of the molecule is CCN(Cc1ccccc1)c1ccc(COC(=O)/C=C/C(=O)ON2CCCCC2)cc1. The summed E-state index contributed by atoms with van der Waals surface area (Å²) in [5, 5.41) is 1.64. The van der Waals surface area contributed by atoms with Crippen molar-refractivity contribution >= 4 is 17.6 Å². The maximum Gasteiger partial charge on any atom is 0.349 e. The van der Waals surface area contributed by atoms with Crippen LogP contribution in [-0.4, -0.2) is 36.6 Å². The molecular weight excluding hydrogens is 392 g/mol. The molecule has 0 bridgehead atoms. The Morgan fingerprint density at radius 1 is 0.903 bits per heavy atom. The Labute approximate surface area is 184 Å². The van der Waals surface area contributed by atoms with E-state index >= 15 is 0 Å². The molecule has 1 heterocycles. The van der Waals surface area contributed by atoms with Crippen molar-refractivity contribution in [3.63, 3.8) is 0 Å². The summed E-state index contributed by atoms with van der Waals surface area (Å²) in [6, 6.07) is 18.3. The molecule has 0 saturated carbocycles. The Morgan fingerprint density at radius 3 is 2.26 bits per heavy atom. The number of piperidine rings is 1. The summed E-state index contributed by atoms with van der Waals surface area (Å²) in [6.07, 6.45) is 5.41. The summed E-state index contributed by atoms with van der Waals surface area (Å²) in [5.41, 5.74) is 3.26. The fraction of sp³-hybridized carbons (Fsp3) is 0.360. The van der Waals surface area contributed by atoms with Crippen LogP contribution >= 0.6 is 0 Å². The number of hydrogen-bond donors (Lipinski definition) is 0. The highest BCUT2D eigenvalue weighted by Gasteiger charge is 2.13. The van der Waals surface area contributed by atoms with Crippen molar-refractivity contribution in [2.24, 2.45) is 0 Å². The van der Waals surface area contributed by atoms with Crippen molar-refractivity contribution in [2.75, 3.05) is 24.5 Å². The van der Waals surface area contributed by atoms with E-state index in [-0.39, 0.29) is 6.61 Å². The van der Waals surface area contributed by atoms with Crippen molar-refractivity contribution < 1.29 is 19.2 Å². The number of hydrogen-bond acceptors (Lipinski definition) is 6. The van der Waals surface area contributed by atoms with Crippen molar-refractivity contribution in [3.8, 4) is 0 Å². The quantitative estimate of drug-likeness (QED) is 0.445. The van der Waals surface area contributed by atoms with E-state index in [9.17, 15) is 9.59 Å². The molecule has 164 valence electrons. The fourth-order valence-corrected chi connectivity index (χ4v) is 3.44. The second kappa shape index (κ2) is 11.9. The molecule has 1 aliphatic heterocycles. The molecule has 1 aliphatic rings. The highest BCUT2D eigenvalue weighted by atomic mass is 16.7. The predicted octanol–water partition coefficient (Wildman–Crippen LogP) is 4.26. The molecule has 0 amide bonds. The fourth-order valence-electron chi connectivity index (χ4n) is 3.44. The molecule has 0 aromatic heterocycles. The van der Waals surface area contributed by atoms with E-state index in [1.165, 1.54) is 5.56 Å². The third-order valence-corrected chi connectivity index (χ3v) is 5.17. The maximum atomic E-state index is 11.9. The molecule has 0 radical (unpaired) electrons. The molecule has 3 rings (SSSR count). The second-order valence-electron chi connectivity index (χ2n) is 7.51. The van der Waals surface area contributed by atoms with Gasteiger partial charge in [0.1, 0.15) is 6.61 Å². The zero-order chi connectivity index (χ0) is 21.9. The molecule has 31 heavy (non-hydrogen) atoms. The van der Waals surface area contributed by atoms with E-state index in [0.717, 1.165) is 68.8 Å². The lowest BCUT2D eigenvalue weighted by atomic mass is 10.1. The van der Waals surface area contributed by atoms with Gasteiger partial charge in [-0.15, -0.1) is 5.06 Å². The lowest BCUT2D eigenvalue weighted by molar-refractivity contribution is -0.188. The summed E-state index contributed by atoms with van der Waals surface area (Å²) < 4.78 is 5.23. The number of benzene rings is 2. The van der Waals surface area contributed by atoms with E-state index in [2.05, 4.69) is 24.0 Å². The Morgan fingerprint density at radius 2 is 1.58 bits per heavy atom. The Kier molecular flexibility index (Phi) is 8.67. The average molecular weight is 423 g/mol. The second-order valence-corrected chi connectivity index (χ2v) is 7.51. The highest BCUT2D eigenvalue weighted by molar-refractivity contribution is 5.91. The third kappa shape index (κ3) is 7.57. The van der Waals surface area contributed by atoms with Crippen LogP contribution in [0.15, 0.2) is 66.7 Å². The number of hydroxylamine groups is 2. The number of carbonyl (C=O) groups is 2. The highest BCUT2D eigenvalue weighted by Crippen LogP contribution is 2.18. The van der Waals surface area contributed by atoms with Crippen LogP contribution in [0.3, 0.4) is 0 Å². The van der Waals surface area contributed by atoms with Gasteiger partial charge in [0.25, 0.3) is 0 Å². The van der Waals surface area contributed by atoms with Gasteiger partial charge in [0.15, 0.2) is 0 Å². The first kappa shape index (κ1) is 22.6. The predicted molar refractivity (Wildman–Crippen MR) is 120 cm³/mol. The molecule has 0 aliphatic carbocycles. The molecule has 2 aromatic rings. The Balaban J connectivity index is 1.44. The van der Waals surface area contributed by atoms with Crippen LogP contribution in [-0.2, 0) is 32.3 Å². The van der Waals surface area contributed by atoms with Crippen molar-refractivity contribution in [1.29, 1.82) is 0 Å². The van der Waals surface area contributed by atoms with E-state index < -0.39 is 11.9 Å². The minimum absolute atomic E-state index is 0.148. The summed E-state index contributed by atoms with van der Waals surface area (Å²) in [6.45, 7) is 5.48. The minimum Gasteiger partial charge on any atom is -0.458 e. The van der Waals surface area contributed by atoms with Gasteiger partial charge >= 0.3 is 11.9 Å². The van der Waals surface area contributed by atoms with Crippen molar-refractivity contribution in [1.82, 2.24) is 5.06 Å². The number of carbonyl (C=O) groups excluding carboxylic acids is 2. The maximum absolute atomic E-state index is 11.9. The first-order chi connectivity index (χ1) is 15.1. The van der Waals surface area contributed by atoms with E-state index in [1.54, 1.807) is 5.06 Å². The largest absolute Gasteiger partial charge is 0.458 e. The normalized spacial score (nSPS) is 14.4. The van der Waals surface area contributed by atoms with E-state index in [0.29, 0.717) is 0 Å². The van der Waals surface area contributed by atoms with Gasteiger partial charge in [0, 0.05) is 44.0 Å². The summed E-state index contributed by atoms with van der Waals surface area (Å²) in [4.78, 5) is 31.2. The third-order valence-electron chi connectivity index (χ3n) is 5.17. The molecule has 0 unspecified atom stereocenters. The molecule has 6 heteroatoms. The molecule has 0 spiro atoms. The summed E-state index contributed by atoms with van der Waals surface area (Å²) >= 11 is 0. The Bertz CT molecular complexity index is 859. The molecule has 1 fully saturated rings. The topological polar surface area (TPSA) is 59.1 Å². The van der Waals surface area contributed by atoms with Crippen LogP contribution < -0.4 is 4.90 Å². The summed E-state index contributed by atoms with van der Waals surface area (Å²) in [5.74, 6) is -1.12. The first-order valence-corrected chi connectivity index (χ1v) is 10.8. The lowest BCUT2D eigenvalue weighted by Crippen LogP contribution is -2.31. The van der Waals surface area contributed by atoms with Crippen molar-refractivity contribution in [2.45, 2.75) is 39.3 Å².